The van der Waals surface area contributed by atoms with Gasteiger partial charge in [-0.05, 0) is 26.3 Å². The summed E-state index contributed by atoms with van der Waals surface area (Å²) in [5, 5.41) is 4.60. The summed E-state index contributed by atoms with van der Waals surface area (Å²) in [5.74, 6) is 0. The number of thiazole rings is 1. The molecule has 1 heterocycles. The van der Waals surface area contributed by atoms with Crippen LogP contribution in [-0.2, 0) is 11.2 Å². The topological polar surface area (TPSA) is 60.2 Å². The van der Waals surface area contributed by atoms with Crippen LogP contribution in [0.2, 0.25) is 0 Å². The summed E-state index contributed by atoms with van der Waals surface area (Å²) in [5.41, 5.74) is 5.57. The second-order valence-electron chi connectivity index (χ2n) is 4.08. The fourth-order valence-corrected chi connectivity index (χ4v) is 2.45. The molecule has 5 heteroatoms. The quantitative estimate of drug-likeness (QED) is 0.744. The van der Waals surface area contributed by atoms with Crippen LogP contribution in [-0.4, -0.2) is 31.3 Å². The molecular formula is C12H23N3OS. The molecule has 2 unspecified atom stereocenters. The van der Waals surface area contributed by atoms with Crippen molar-refractivity contribution in [3.05, 3.63) is 16.1 Å². The van der Waals surface area contributed by atoms with Gasteiger partial charge in [-0.1, -0.05) is 6.92 Å². The normalized spacial score (nSPS) is 14.8. The first-order valence-corrected chi connectivity index (χ1v) is 6.93. The zero-order valence-electron chi connectivity index (χ0n) is 10.9. The highest BCUT2D eigenvalue weighted by molar-refractivity contribution is 7.11. The van der Waals surface area contributed by atoms with Crippen LogP contribution in [0.5, 0.6) is 0 Å². The van der Waals surface area contributed by atoms with Crippen LogP contribution >= 0.6 is 11.3 Å². The lowest BCUT2D eigenvalue weighted by Crippen LogP contribution is -2.28. The first-order valence-electron chi connectivity index (χ1n) is 6.12. The standard InChI is InChI=1S/C12H23N3OS/c1-4-11-8-15-12(17-11)9(2)14-6-5-10(7-13)16-3/h8-10,14H,4-7,13H2,1-3H3. The van der Waals surface area contributed by atoms with Gasteiger partial charge in [-0.2, -0.15) is 0 Å². The van der Waals surface area contributed by atoms with E-state index in [0.717, 1.165) is 24.4 Å². The van der Waals surface area contributed by atoms with Gasteiger partial charge in [0.15, 0.2) is 0 Å². The van der Waals surface area contributed by atoms with Crippen molar-refractivity contribution in [2.45, 2.75) is 38.8 Å². The number of hydrogen-bond acceptors (Lipinski definition) is 5. The lowest BCUT2D eigenvalue weighted by molar-refractivity contribution is 0.101. The average molecular weight is 257 g/mol. The molecule has 17 heavy (non-hydrogen) atoms. The zero-order valence-corrected chi connectivity index (χ0v) is 11.7. The van der Waals surface area contributed by atoms with Crippen LogP contribution in [0.25, 0.3) is 0 Å². The molecular weight excluding hydrogens is 234 g/mol. The van der Waals surface area contributed by atoms with Crippen molar-refractivity contribution in [2.75, 3.05) is 20.2 Å². The Hall–Kier alpha value is -0.490. The maximum atomic E-state index is 5.57. The molecule has 98 valence electrons. The predicted molar refractivity (Wildman–Crippen MR) is 72.4 cm³/mol. The van der Waals surface area contributed by atoms with E-state index in [1.165, 1.54) is 4.88 Å². The second kappa shape index (κ2) is 7.76. The number of aromatic nitrogens is 1. The Kier molecular flexibility index (Phi) is 6.65. The number of methoxy groups -OCH3 is 1. The largest absolute Gasteiger partial charge is 0.380 e. The van der Waals surface area contributed by atoms with E-state index in [-0.39, 0.29) is 6.10 Å². The SMILES string of the molecule is CCc1cnc(C(C)NCCC(CN)OC)s1. The minimum Gasteiger partial charge on any atom is -0.380 e. The molecule has 3 N–H and O–H groups in total. The zero-order chi connectivity index (χ0) is 12.7. The van der Waals surface area contributed by atoms with Gasteiger partial charge < -0.3 is 15.8 Å². The van der Waals surface area contributed by atoms with E-state index >= 15 is 0 Å². The molecule has 1 rings (SSSR count). The predicted octanol–water partition coefficient (Wildman–Crippen LogP) is 1.72. The van der Waals surface area contributed by atoms with Crippen LogP contribution in [0.1, 0.15) is 36.2 Å². The first kappa shape index (κ1) is 14.6. The van der Waals surface area contributed by atoms with Gasteiger partial charge in [0.1, 0.15) is 5.01 Å². The monoisotopic (exact) mass is 257 g/mol. The van der Waals surface area contributed by atoms with Crippen molar-refractivity contribution in [1.82, 2.24) is 10.3 Å². The van der Waals surface area contributed by atoms with E-state index in [4.69, 9.17) is 10.5 Å². The molecule has 0 saturated heterocycles. The number of nitrogens with one attached hydrogen (secondary N) is 1. The lowest BCUT2D eigenvalue weighted by atomic mass is 10.2. The summed E-state index contributed by atoms with van der Waals surface area (Å²) >= 11 is 1.78. The van der Waals surface area contributed by atoms with Crippen molar-refractivity contribution < 1.29 is 4.74 Å². The summed E-state index contributed by atoms with van der Waals surface area (Å²) < 4.78 is 5.23. The van der Waals surface area contributed by atoms with Gasteiger partial charge in [-0.25, -0.2) is 4.98 Å². The molecule has 0 saturated carbocycles. The van der Waals surface area contributed by atoms with Gasteiger partial charge >= 0.3 is 0 Å². The summed E-state index contributed by atoms with van der Waals surface area (Å²) in [6.07, 6.45) is 4.11. The third-order valence-electron chi connectivity index (χ3n) is 2.80. The van der Waals surface area contributed by atoms with E-state index in [1.54, 1.807) is 18.4 Å². The third kappa shape index (κ3) is 4.71. The number of rotatable bonds is 8. The van der Waals surface area contributed by atoms with E-state index in [9.17, 15) is 0 Å². The van der Waals surface area contributed by atoms with E-state index in [0.29, 0.717) is 12.6 Å². The fraction of sp³-hybridized carbons (Fsp3) is 0.750. The van der Waals surface area contributed by atoms with E-state index < -0.39 is 0 Å². The fourth-order valence-electron chi connectivity index (χ4n) is 1.57. The first-order chi connectivity index (χ1) is 8.21. The van der Waals surface area contributed by atoms with E-state index in [1.807, 2.05) is 6.20 Å². The van der Waals surface area contributed by atoms with Gasteiger partial charge in [-0.15, -0.1) is 11.3 Å². The van der Waals surface area contributed by atoms with Gasteiger partial charge in [0.05, 0.1) is 12.1 Å². The molecule has 0 spiro atoms. The number of nitrogens with zero attached hydrogens (tertiary/aromatic N) is 1. The minimum absolute atomic E-state index is 0.150. The highest BCUT2D eigenvalue weighted by Gasteiger charge is 2.10. The second-order valence-corrected chi connectivity index (χ2v) is 5.22. The number of nitrogens with two attached hydrogens (primary N) is 1. The number of ether oxygens (including phenoxy) is 1. The Balaban J connectivity index is 2.31. The molecule has 1 aromatic rings. The van der Waals surface area contributed by atoms with Crippen molar-refractivity contribution >= 4 is 11.3 Å². The molecule has 2 atom stereocenters. The molecule has 0 aromatic carbocycles. The smallest absolute Gasteiger partial charge is 0.109 e. The molecule has 0 bridgehead atoms. The maximum Gasteiger partial charge on any atom is 0.109 e. The lowest BCUT2D eigenvalue weighted by Gasteiger charge is -2.15. The molecule has 1 aromatic heterocycles. The van der Waals surface area contributed by atoms with Crippen LogP contribution in [0.4, 0.5) is 0 Å². The molecule has 0 radical (unpaired) electrons. The summed E-state index contributed by atoms with van der Waals surface area (Å²) in [7, 11) is 1.70. The van der Waals surface area contributed by atoms with Gasteiger partial charge in [0, 0.05) is 24.7 Å². The van der Waals surface area contributed by atoms with Crippen LogP contribution < -0.4 is 11.1 Å². The molecule has 0 aliphatic rings. The molecule has 0 aliphatic heterocycles. The Morgan fingerprint density at radius 2 is 2.35 bits per heavy atom. The summed E-state index contributed by atoms with van der Waals surface area (Å²) in [6, 6.07) is 0.301. The van der Waals surface area contributed by atoms with Crippen molar-refractivity contribution in [3.63, 3.8) is 0 Å². The molecule has 0 fully saturated rings. The van der Waals surface area contributed by atoms with Crippen molar-refractivity contribution in [2.24, 2.45) is 5.73 Å². The maximum absolute atomic E-state index is 5.57. The van der Waals surface area contributed by atoms with Crippen LogP contribution in [0, 0.1) is 0 Å². The van der Waals surface area contributed by atoms with E-state index in [2.05, 4.69) is 24.1 Å². The van der Waals surface area contributed by atoms with Gasteiger partial charge in [0.2, 0.25) is 0 Å². The Morgan fingerprint density at radius 3 is 2.88 bits per heavy atom. The third-order valence-corrected chi connectivity index (χ3v) is 4.13. The molecule has 0 amide bonds. The minimum atomic E-state index is 0.150. The van der Waals surface area contributed by atoms with Crippen LogP contribution in [0.15, 0.2) is 6.20 Å². The Morgan fingerprint density at radius 1 is 1.59 bits per heavy atom. The van der Waals surface area contributed by atoms with Crippen molar-refractivity contribution in [3.8, 4) is 0 Å². The van der Waals surface area contributed by atoms with Crippen molar-refractivity contribution in [1.29, 1.82) is 0 Å². The highest BCUT2D eigenvalue weighted by atomic mass is 32.1. The van der Waals surface area contributed by atoms with Gasteiger partial charge in [-0.3, -0.25) is 0 Å². The highest BCUT2D eigenvalue weighted by Crippen LogP contribution is 2.20. The molecule has 0 aliphatic carbocycles. The average Bonchev–Trinajstić information content (AvgIpc) is 2.83. The Labute approximate surface area is 108 Å². The molecule has 4 nitrogen and oxygen atoms in total. The summed E-state index contributed by atoms with van der Waals surface area (Å²) in [4.78, 5) is 5.76. The van der Waals surface area contributed by atoms with Crippen LogP contribution in [0.3, 0.4) is 0 Å². The summed E-state index contributed by atoms with van der Waals surface area (Å²) in [6.45, 7) is 5.77. The number of aryl methyl sites for hydroxylation is 1. The number of hydrogen-bond donors (Lipinski definition) is 2. The Bertz CT molecular complexity index is 312. The van der Waals surface area contributed by atoms with Gasteiger partial charge in [0.25, 0.3) is 0 Å².